The number of hydrogen-bond donors (Lipinski definition) is 3. The number of rotatable bonds is 5. The number of carbonyl (C=O) groups is 1. The Hall–Kier alpha value is -1.12. The number of fused-ring (bicyclic) bond motifs is 1. The van der Waals surface area contributed by atoms with Gasteiger partial charge in [0.05, 0.1) is 17.7 Å². The Bertz CT molecular complexity index is 605. The van der Waals surface area contributed by atoms with Crippen LogP contribution in [-0.2, 0) is 4.79 Å². The van der Waals surface area contributed by atoms with Crippen molar-refractivity contribution in [3.8, 4) is 6.07 Å². The molecule has 0 spiro atoms. The van der Waals surface area contributed by atoms with Gasteiger partial charge in [-0.15, -0.1) is 0 Å². The lowest BCUT2D eigenvalue weighted by Gasteiger charge is -2.61. The Morgan fingerprint density at radius 3 is 2.42 bits per heavy atom. The lowest BCUT2D eigenvalue weighted by molar-refractivity contribution is -0.174. The summed E-state index contributed by atoms with van der Waals surface area (Å²) in [6, 6.07) is 1.24. The van der Waals surface area contributed by atoms with Crippen LogP contribution in [0.15, 0.2) is 0 Å². The predicted molar refractivity (Wildman–Crippen MR) is 87.3 cm³/mol. The van der Waals surface area contributed by atoms with Crippen molar-refractivity contribution < 1.29 is 9.90 Å². The number of amides is 1. The average molecular weight is 329 g/mol. The molecule has 4 N–H and O–H groups in total. The Morgan fingerprint density at radius 1 is 1.25 bits per heavy atom. The zero-order valence-electron chi connectivity index (χ0n) is 14.1. The van der Waals surface area contributed by atoms with Gasteiger partial charge in [-0.05, 0) is 86.4 Å². The fraction of sp³-hybridized carbons (Fsp3) is 0.895. The van der Waals surface area contributed by atoms with Gasteiger partial charge in [0.25, 0.3) is 0 Å². The lowest BCUT2D eigenvalue weighted by atomic mass is 9.46. The molecule has 4 bridgehead atoms. The third kappa shape index (κ3) is 2.23. The van der Waals surface area contributed by atoms with E-state index in [0.29, 0.717) is 24.2 Å². The number of nitrogens with two attached hydrogens (primary N) is 1. The molecule has 0 saturated heterocycles. The van der Waals surface area contributed by atoms with Crippen molar-refractivity contribution in [3.63, 3.8) is 0 Å². The summed E-state index contributed by atoms with van der Waals surface area (Å²) in [7, 11) is 0. The molecule has 24 heavy (non-hydrogen) atoms. The summed E-state index contributed by atoms with van der Waals surface area (Å²) in [5.41, 5.74) is 5.56. The second-order valence-corrected chi connectivity index (χ2v) is 9.68. The quantitative estimate of drug-likeness (QED) is 0.708. The smallest absolute Gasteiger partial charge is 0.238 e. The maximum absolute atomic E-state index is 12.8. The van der Waals surface area contributed by atoms with E-state index < -0.39 is 17.7 Å². The molecule has 6 aliphatic carbocycles. The SMILES string of the molecule is N#CC(CC1C2CC12)NC(=O)C(N)C12CC3CC(CC(O)(C3)C1)C2. The Labute approximate surface area is 143 Å². The van der Waals surface area contributed by atoms with Crippen LogP contribution in [0.3, 0.4) is 0 Å². The maximum atomic E-state index is 12.8. The molecule has 6 atom stereocenters. The van der Waals surface area contributed by atoms with Gasteiger partial charge in [0.1, 0.15) is 6.04 Å². The van der Waals surface area contributed by atoms with Crippen LogP contribution in [0.5, 0.6) is 0 Å². The first-order valence-electron chi connectivity index (χ1n) is 9.59. The Morgan fingerprint density at radius 2 is 1.92 bits per heavy atom. The summed E-state index contributed by atoms with van der Waals surface area (Å²) in [6.45, 7) is 0. The van der Waals surface area contributed by atoms with Crippen molar-refractivity contribution >= 4 is 5.91 Å². The first kappa shape index (κ1) is 15.2. The van der Waals surface area contributed by atoms with Crippen LogP contribution in [0, 0.1) is 46.3 Å². The largest absolute Gasteiger partial charge is 0.390 e. The molecule has 0 heterocycles. The summed E-state index contributed by atoms with van der Waals surface area (Å²) in [5, 5.41) is 23.1. The average Bonchev–Trinajstić information content (AvgIpc) is 3.39. The highest BCUT2D eigenvalue weighted by Gasteiger charge is 2.64. The minimum Gasteiger partial charge on any atom is -0.390 e. The summed E-state index contributed by atoms with van der Waals surface area (Å²) < 4.78 is 0. The van der Waals surface area contributed by atoms with E-state index in [1.54, 1.807) is 0 Å². The lowest BCUT2D eigenvalue weighted by Crippen LogP contribution is -2.64. The molecule has 0 aliphatic heterocycles. The second-order valence-electron chi connectivity index (χ2n) is 9.68. The van der Waals surface area contributed by atoms with Gasteiger partial charge in [-0.25, -0.2) is 0 Å². The van der Waals surface area contributed by atoms with Gasteiger partial charge in [-0.1, -0.05) is 0 Å². The minimum atomic E-state index is -0.605. The van der Waals surface area contributed by atoms with Gasteiger partial charge in [0.15, 0.2) is 0 Å². The standard InChI is InChI=1S/C19H27N3O2/c20-8-12(2-13-14-3-15(13)14)22-17(23)16(21)18-4-10-1-11(5-18)7-19(24,6-10)9-18/h10-16,24H,1-7,9,21H2,(H,22,23). The molecule has 6 fully saturated rings. The van der Waals surface area contributed by atoms with E-state index in [4.69, 9.17) is 5.73 Å². The minimum absolute atomic E-state index is 0.179. The van der Waals surface area contributed by atoms with E-state index in [2.05, 4.69) is 11.4 Å². The van der Waals surface area contributed by atoms with Gasteiger partial charge in [-0.3, -0.25) is 4.79 Å². The highest BCUT2D eigenvalue weighted by molar-refractivity contribution is 5.83. The molecule has 0 radical (unpaired) electrons. The van der Waals surface area contributed by atoms with Gasteiger partial charge >= 0.3 is 0 Å². The highest BCUT2D eigenvalue weighted by Crippen LogP contribution is 2.69. The first-order valence-corrected chi connectivity index (χ1v) is 9.59. The van der Waals surface area contributed by atoms with Crippen LogP contribution in [0.4, 0.5) is 0 Å². The molecule has 0 aromatic heterocycles. The zero-order chi connectivity index (χ0) is 16.7. The number of aliphatic hydroxyl groups is 1. The van der Waals surface area contributed by atoms with Crippen LogP contribution < -0.4 is 11.1 Å². The van der Waals surface area contributed by atoms with E-state index in [1.807, 2.05) is 0 Å². The van der Waals surface area contributed by atoms with Crippen LogP contribution >= 0.6 is 0 Å². The second kappa shape index (κ2) is 4.74. The number of nitrogens with one attached hydrogen (secondary N) is 1. The monoisotopic (exact) mass is 329 g/mol. The van der Waals surface area contributed by atoms with Crippen LogP contribution in [-0.4, -0.2) is 28.7 Å². The van der Waals surface area contributed by atoms with E-state index >= 15 is 0 Å². The summed E-state index contributed by atoms with van der Waals surface area (Å²) in [5.74, 6) is 3.18. The molecule has 6 rings (SSSR count). The Balaban J connectivity index is 1.27. The zero-order valence-corrected chi connectivity index (χ0v) is 14.1. The number of nitriles is 1. The summed E-state index contributed by atoms with van der Waals surface area (Å²) >= 11 is 0. The molecule has 130 valence electrons. The molecule has 6 saturated carbocycles. The fourth-order valence-electron chi connectivity index (χ4n) is 6.87. The fourth-order valence-corrected chi connectivity index (χ4v) is 6.87. The van der Waals surface area contributed by atoms with Gasteiger partial charge in [0.2, 0.25) is 5.91 Å². The Kier molecular flexibility index (Phi) is 2.99. The molecule has 6 unspecified atom stereocenters. The summed E-state index contributed by atoms with van der Waals surface area (Å²) in [6.07, 6.45) is 7.63. The normalized spacial score (nSPS) is 52.1. The molecule has 1 amide bonds. The number of hydrogen-bond acceptors (Lipinski definition) is 4. The van der Waals surface area contributed by atoms with Crippen molar-refractivity contribution in [2.75, 3.05) is 0 Å². The van der Waals surface area contributed by atoms with Gasteiger partial charge in [0, 0.05) is 0 Å². The van der Waals surface area contributed by atoms with Crippen LogP contribution in [0.25, 0.3) is 0 Å². The molecule has 0 aromatic carbocycles. The molecule has 0 aromatic rings. The maximum Gasteiger partial charge on any atom is 0.238 e. The van der Waals surface area contributed by atoms with Crippen molar-refractivity contribution in [1.82, 2.24) is 5.32 Å². The molecule has 5 heteroatoms. The topological polar surface area (TPSA) is 99.1 Å². The van der Waals surface area contributed by atoms with Crippen molar-refractivity contribution in [3.05, 3.63) is 0 Å². The number of carbonyl (C=O) groups excluding carboxylic acids is 1. The number of nitrogens with zero attached hydrogens (tertiary/aromatic N) is 1. The molecular weight excluding hydrogens is 302 g/mol. The van der Waals surface area contributed by atoms with E-state index in [0.717, 1.165) is 43.9 Å². The van der Waals surface area contributed by atoms with Crippen LogP contribution in [0.1, 0.15) is 51.4 Å². The van der Waals surface area contributed by atoms with Crippen molar-refractivity contribution in [1.29, 1.82) is 5.26 Å². The van der Waals surface area contributed by atoms with Gasteiger partial charge in [-0.2, -0.15) is 5.26 Å². The third-order valence-electron chi connectivity index (χ3n) is 7.85. The third-order valence-corrected chi connectivity index (χ3v) is 7.85. The van der Waals surface area contributed by atoms with E-state index in [1.165, 1.54) is 12.8 Å². The van der Waals surface area contributed by atoms with Gasteiger partial charge < -0.3 is 16.2 Å². The van der Waals surface area contributed by atoms with Crippen LogP contribution in [0.2, 0.25) is 0 Å². The van der Waals surface area contributed by atoms with E-state index in [9.17, 15) is 15.2 Å². The van der Waals surface area contributed by atoms with E-state index in [-0.39, 0.29) is 11.3 Å². The first-order chi connectivity index (χ1) is 11.4. The molecule has 5 nitrogen and oxygen atoms in total. The predicted octanol–water partition coefficient (Wildman–Crippen LogP) is 1.31. The molecule has 6 aliphatic rings. The molecular formula is C19H27N3O2. The highest BCUT2D eigenvalue weighted by atomic mass is 16.3. The van der Waals surface area contributed by atoms with Crippen molar-refractivity contribution in [2.24, 2.45) is 40.7 Å². The summed E-state index contributed by atoms with van der Waals surface area (Å²) in [4.78, 5) is 12.8. The van der Waals surface area contributed by atoms with Crippen molar-refractivity contribution in [2.45, 2.75) is 69.1 Å².